The largest absolute Gasteiger partial charge is 0.390 e. The van der Waals surface area contributed by atoms with Gasteiger partial charge in [-0.2, -0.15) is 0 Å². The highest BCUT2D eigenvalue weighted by Gasteiger charge is 2.47. The summed E-state index contributed by atoms with van der Waals surface area (Å²) in [5.74, 6) is -10.3. The average molecular weight is 1360 g/mol. The third kappa shape index (κ3) is 24.9. The Morgan fingerprint density at radius 3 is 1.42 bits per heavy atom. The number of methoxy groups -OCH3 is 1. The van der Waals surface area contributed by atoms with Crippen LogP contribution < -0.4 is 21.3 Å². The van der Waals surface area contributed by atoms with Crippen molar-refractivity contribution in [2.45, 2.75) is 248 Å². The number of allylic oxidation sites excluding steroid dienone is 2. The Morgan fingerprint density at radius 2 is 0.948 bits per heavy atom. The van der Waals surface area contributed by atoms with Crippen LogP contribution in [0.25, 0.3) is 0 Å². The highest BCUT2D eigenvalue weighted by molar-refractivity contribution is 6.00. The van der Waals surface area contributed by atoms with E-state index in [0.717, 1.165) is 9.80 Å². The molecule has 0 spiro atoms. The van der Waals surface area contributed by atoms with Gasteiger partial charge in [0.15, 0.2) is 0 Å². The number of hydrogen-bond acceptors (Lipinski definition) is 15. The molecule has 0 aromatic carbocycles. The molecule has 0 aromatic heterocycles. The van der Waals surface area contributed by atoms with Crippen LogP contribution in [0.5, 0.6) is 0 Å². The van der Waals surface area contributed by atoms with Gasteiger partial charge in [-0.3, -0.25) is 52.7 Å². The highest BCUT2D eigenvalue weighted by atomic mass is 16.5. The number of nitrogens with one attached hydrogen (secondary N) is 4. The van der Waals surface area contributed by atoms with Crippen LogP contribution in [0.4, 0.5) is 0 Å². The molecule has 96 heavy (non-hydrogen) atoms. The fourth-order valence-corrected chi connectivity index (χ4v) is 12.0. The molecule has 1 aliphatic rings. The molecule has 1 saturated heterocycles. The van der Waals surface area contributed by atoms with Gasteiger partial charge in [-0.15, -0.1) is 0 Å². The number of ether oxygens (including phenoxy) is 2. The van der Waals surface area contributed by atoms with Crippen LogP contribution in [0.15, 0.2) is 12.2 Å². The van der Waals surface area contributed by atoms with E-state index in [1.54, 1.807) is 74.5 Å². The van der Waals surface area contributed by atoms with Crippen molar-refractivity contribution in [3.05, 3.63) is 12.2 Å². The average Bonchev–Trinajstić information content (AvgIpc) is 0.949. The Balaban J connectivity index is 4.62. The van der Waals surface area contributed by atoms with Crippen molar-refractivity contribution in [1.29, 1.82) is 0 Å². The molecule has 11 amide bonds. The molecule has 1 aliphatic heterocycles. The molecular formula is C70H128N12O14. The number of nitrogens with zero attached hydrogens (tertiary/aromatic N) is 8. The number of amides is 11. The Hall–Kier alpha value is -6.25. The zero-order chi connectivity index (χ0) is 74.3. The Morgan fingerprint density at radius 1 is 0.510 bits per heavy atom. The van der Waals surface area contributed by atoms with Gasteiger partial charge in [0.25, 0.3) is 0 Å². The lowest BCUT2D eigenvalue weighted by atomic mass is 9.91. The summed E-state index contributed by atoms with van der Waals surface area (Å²) in [7, 11) is 11.3. The van der Waals surface area contributed by atoms with Gasteiger partial charge in [0.05, 0.1) is 24.9 Å². The van der Waals surface area contributed by atoms with Gasteiger partial charge in [-0.05, 0) is 115 Å². The van der Waals surface area contributed by atoms with E-state index in [0.29, 0.717) is 19.6 Å². The zero-order valence-electron chi connectivity index (χ0n) is 63.7. The van der Waals surface area contributed by atoms with Gasteiger partial charge < -0.3 is 75.0 Å². The molecule has 1 heterocycles. The molecule has 0 saturated carbocycles. The van der Waals surface area contributed by atoms with E-state index < -0.39 is 161 Å². The van der Waals surface area contributed by atoms with Gasteiger partial charge in [0.2, 0.25) is 65.0 Å². The second kappa shape index (κ2) is 40.6. The van der Waals surface area contributed by atoms with E-state index in [-0.39, 0.29) is 69.5 Å². The third-order valence-electron chi connectivity index (χ3n) is 18.6. The molecule has 0 aliphatic carbocycles. The van der Waals surface area contributed by atoms with Crippen molar-refractivity contribution in [1.82, 2.24) is 60.5 Å². The lowest BCUT2D eigenvalue weighted by molar-refractivity contribution is -0.157. The standard InChI is InChI=1S/C70H128N12O14/c1-28-32-33-46(15)58(83)57-62(87)73-49(29-2)64(89)79(24)54(40-96-35-34-82(30-3)31-4)67(92)78(23)53(39-70(18,19)95-27)61(86)74-55(44(11)12)68(93)75(20)50(36-41(5)6)60(85)71-47(16)59(84)72-48(17)63(88)76(21)51(37-42(7)8)65(90)77(22)52(38-43(9)10)66(91)80(25)56(45(13)14)69(94)81(57)26/h28,32,41-58,83H,29-31,33-40H2,1-27H3,(H,71,85)(H,72,84)(H,73,87)(H,74,86)/b32-28+/t46-,47+,48-,49+,50+,51+,52+,53+,54-,55+,56+,57+,58-/m1/s1. The number of aliphatic hydroxyl groups excluding tert-OH is 1. The zero-order valence-corrected chi connectivity index (χ0v) is 63.7. The van der Waals surface area contributed by atoms with Crippen molar-refractivity contribution in [3.8, 4) is 0 Å². The normalized spacial score (nSPS) is 26.2. The van der Waals surface area contributed by atoms with Crippen molar-refractivity contribution < 1.29 is 67.3 Å². The molecule has 26 nitrogen and oxygen atoms in total. The summed E-state index contributed by atoms with van der Waals surface area (Å²) < 4.78 is 12.0. The first-order valence-corrected chi connectivity index (χ1v) is 34.7. The molecule has 552 valence electrons. The second-order valence-electron chi connectivity index (χ2n) is 28.9. The fraction of sp³-hybridized carbons (Fsp3) is 0.814. The molecule has 13 atom stereocenters. The first-order valence-electron chi connectivity index (χ1n) is 34.7. The third-order valence-corrected chi connectivity index (χ3v) is 18.6. The van der Waals surface area contributed by atoms with Gasteiger partial charge >= 0.3 is 0 Å². The van der Waals surface area contributed by atoms with Crippen LogP contribution in [0, 0.1) is 35.5 Å². The maximum Gasteiger partial charge on any atom is 0.248 e. The Bertz CT molecular complexity index is 2600. The number of carbonyl (C=O) groups excluding carboxylic acids is 11. The number of rotatable bonds is 23. The van der Waals surface area contributed by atoms with Crippen molar-refractivity contribution in [2.75, 3.05) is 89.3 Å². The summed E-state index contributed by atoms with van der Waals surface area (Å²) in [6.07, 6.45) is 2.56. The van der Waals surface area contributed by atoms with Gasteiger partial charge in [0.1, 0.15) is 66.5 Å². The van der Waals surface area contributed by atoms with E-state index in [1.165, 1.54) is 94.8 Å². The van der Waals surface area contributed by atoms with E-state index in [9.17, 15) is 24.3 Å². The molecule has 1 rings (SSSR count). The monoisotopic (exact) mass is 1360 g/mol. The lowest BCUT2D eigenvalue weighted by Gasteiger charge is -2.41. The van der Waals surface area contributed by atoms with E-state index in [2.05, 4.69) is 26.2 Å². The minimum Gasteiger partial charge on any atom is -0.390 e. The smallest absolute Gasteiger partial charge is 0.248 e. The first-order chi connectivity index (χ1) is 44.5. The number of aliphatic hydroxyl groups is 1. The molecule has 26 heteroatoms. The van der Waals surface area contributed by atoms with Gasteiger partial charge in [-0.1, -0.05) is 109 Å². The first kappa shape index (κ1) is 87.8. The summed E-state index contributed by atoms with van der Waals surface area (Å²) in [6.45, 7) is 35.2. The maximum absolute atomic E-state index is 15.5. The van der Waals surface area contributed by atoms with Crippen LogP contribution in [0.3, 0.4) is 0 Å². The van der Waals surface area contributed by atoms with Crippen LogP contribution in [0.2, 0.25) is 0 Å². The summed E-state index contributed by atoms with van der Waals surface area (Å²) in [4.78, 5) is 175. The van der Waals surface area contributed by atoms with Crippen LogP contribution in [-0.4, -0.2) is 277 Å². The molecule has 0 bridgehead atoms. The molecular weight excluding hydrogens is 1230 g/mol. The summed E-state index contributed by atoms with van der Waals surface area (Å²) in [5.41, 5.74) is -1.07. The molecule has 0 unspecified atom stereocenters. The van der Waals surface area contributed by atoms with Crippen LogP contribution >= 0.6 is 0 Å². The highest BCUT2D eigenvalue weighted by Crippen LogP contribution is 2.27. The van der Waals surface area contributed by atoms with Gasteiger partial charge in [0, 0.05) is 69.4 Å². The summed E-state index contributed by atoms with van der Waals surface area (Å²) >= 11 is 0. The topological polar surface area (TPSA) is 300 Å². The maximum atomic E-state index is 15.5. The molecule has 5 N–H and O–H groups in total. The van der Waals surface area contributed by atoms with E-state index in [4.69, 9.17) is 9.47 Å². The lowest BCUT2D eigenvalue weighted by Crippen LogP contribution is -2.64. The van der Waals surface area contributed by atoms with E-state index >= 15 is 33.6 Å². The fourth-order valence-electron chi connectivity index (χ4n) is 12.0. The number of hydrogen-bond donors (Lipinski definition) is 5. The van der Waals surface area contributed by atoms with Gasteiger partial charge in [-0.25, -0.2) is 0 Å². The van der Waals surface area contributed by atoms with E-state index in [1.807, 2.05) is 55.4 Å². The second-order valence-corrected chi connectivity index (χ2v) is 28.9. The summed E-state index contributed by atoms with van der Waals surface area (Å²) in [5, 5.41) is 23.4. The van der Waals surface area contributed by atoms with Crippen LogP contribution in [-0.2, 0) is 62.2 Å². The SMILES string of the molecule is C/C=C/C[C@@H](C)[C@@H](O)[C@H]1C(=O)N[C@@H](CC)C(=O)N(C)[C@H](COCCN(CC)CC)C(=O)N(C)[C@@H](CC(C)(C)OC)C(=O)N[C@@H](C(C)C)C(=O)N(C)[C@@H](CC(C)C)C(=O)N[C@@H](C)C(=O)N[C@H](C)C(=O)N(C)[C@@H](CC(C)C)C(=O)N(C)[C@@H](CC(C)C)C(=O)N(C)[C@@H](C(C)C)C(=O)N1C. The quantitative estimate of drug-likeness (QED) is 0.0719. The van der Waals surface area contributed by atoms with Crippen molar-refractivity contribution >= 4 is 65.0 Å². The predicted molar refractivity (Wildman–Crippen MR) is 372 cm³/mol. The minimum absolute atomic E-state index is 0.0424. The summed E-state index contributed by atoms with van der Waals surface area (Å²) in [6, 6.07) is -14.5. The molecule has 0 radical (unpaired) electrons. The molecule has 0 aromatic rings. The minimum atomic E-state index is -1.67. The van der Waals surface area contributed by atoms with Crippen LogP contribution in [0.1, 0.15) is 170 Å². The Labute approximate surface area is 575 Å². The predicted octanol–water partition coefficient (Wildman–Crippen LogP) is 3.76. The Kier molecular flexibility index (Phi) is 37.1. The molecule has 1 fully saturated rings. The van der Waals surface area contributed by atoms with Crippen molar-refractivity contribution in [3.63, 3.8) is 0 Å². The number of likely N-dealkylation sites (N-methyl/N-ethyl adjacent to an activating group) is 8. The number of carbonyl (C=O) groups is 11. The van der Waals surface area contributed by atoms with Crippen molar-refractivity contribution in [2.24, 2.45) is 35.5 Å².